The Morgan fingerprint density at radius 2 is 1.86 bits per heavy atom. The van der Waals surface area contributed by atoms with E-state index in [-0.39, 0.29) is 17.3 Å². The van der Waals surface area contributed by atoms with Gasteiger partial charge in [0.05, 0.1) is 13.0 Å². The minimum atomic E-state index is -0.0200. The number of hydrogen-bond donors (Lipinski definition) is 0. The molecule has 5 nitrogen and oxygen atoms in total. The minimum Gasteiger partial charge on any atom is -0.469 e. The van der Waals surface area contributed by atoms with Gasteiger partial charge in [0.25, 0.3) is 0 Å². The van der Waals surface area contributed by atoms with Gasteiger partial charge in [-0.2, -0.15) is 0 Å². The summed E-state index contributed by atoms with van der Waals surface area (Å²) in [7, 11) is 1.54. The zero-order chi connectivity index (χ0) is 19.4. The van der Waals surface area contributed by atoms with Crippen LogP contribution in [-0.2, 0) is 20.8 Å². The van der Waals surface area contributed by atoms with Gasteiger partial charge in [-0.05, 0) is 50.3 Å². The van der Waals surface area contributed by atoms with Crippen LogP contribution in [0.1, 0.15) is 31.2 Å². The zero-order valence-electron chi connectivity index (χ0n) is 17.1. The quantitative estimate of drug-likeness (QED) is 0.728. The van der Waals surface area contributed by atoms with E-state index in [0.717, 1.165) is 64.7 Å². The smallest absolute Gasteiger partial charge is 0.310 e. The van der Waals surface area contributed by atoms with E-state index < -0.39 is 0 Å². The summed E-state index contributed by atoms with van der Waals surface area (Å²) in [5, 5.41) is 0. The van der Waals surface area contributed by atoms with Crippen LogP contribution < -0.4 is 0 Å². The third-order valence-corrected chi connectivity index (χ3v) is 7.16. The third kappa shape index (κ3) is 4.42. The molecule has 0 aliphatic carbocycles. The number of rotatable bonds is 5. The van der Waals surface area contributed by atoms with Gasteiger partial charge < -0.3 is 14.4 Å². The summed E-state index contributed by atoms with van der Waals surface area (Å²) in [4.78, 5) is 17.7. The Bertz CT molecular complexity index is 637. The van der Waals surface area contributed by atoms with Crippen LogP contribution in [0.4, 0.5) is 0 Å². The Kier molecular flexibility index (Phi) is 6.34. The molecule has 0 amide bonds. The van der Waals surface area contributed by atoms with Gasteiger partial charge in [-0.3, -0.25) is 9.69 Å². The van der Waals surface area contributed by atoms with Crippen molar-refractivity contribution in [2.24, 2.45) is 17.3 Å². The lowest BCUT2D eigenvalue weighted by atomic mass is 9.70. The molecule has 1 aromatic rings. The SMILES string of the molecule is COC(=O)C1CN(Cc2ccccc2)CC12CCN(CC1CCOCC1)CC2. The number of piperidine rings is 1. The zero-order valence-corrected chi connectivity index (χ0v) is 17.1. The molecule has 0 radical (unpaired) electrons. The standard InChI is InChI=1S/C23H34N2O3/c1-27-22(26)21-17-25(16-19-5-3-2-4-6-19)18-23(21)9-11-24(12-10-23)15-20-7-13-28-14-8-20/h2-6,20-21H,7-18H2,1H3. The van der Waals surface area contributed by atoms with Crippen molar-refractivity contribution in [3.63, 3.8) is 0 Å². The summed E-state index contributed by atoms with van der Waals surface area (Å²) < 4.78 is 10.7. The molecule has 5 heteroatoms. The first-order valence-electron chi connectivity index (χ1n) is 10.8. The van der Waals surface area contributed by atoms with Gasteiger partial charge in [0.15, 0.2) is 0 Å². The molecule has 0 aromatic heterocycles. The van der Waals surface area contributed by atoms with Gasteiger partial charge in [0, 0.05) is 44.8 Å². The Morgan fingerprint density at radius 3 is 2.54 bits per heavy atom. The number of methoxy groups -OCH3 is 1. The minimum absolute atomic E-state index is 0.00597. The molecule has 3 saturated heterocycles. The van der Waals surface area contributed by atoms with Crippen LogP contribution in [0.15, 0.2) is 30.3 Å². The Morgan fingerprint density at radius 1 is 1.14 bits per heavy atom. The predicted octanol–water partition coefficient (Wildman–Crippen LogP) is 2.80. The molecule has 0 N–H and O–H groups in total. The summed E-state index contributed by atoms with van der Waals surface area (Å²) in [6, 6.07) is 10.6. The highest BCUT2D eigenvalue weighted by molar-refractivity contribution is 5.74. The molecule has 154 valence electrons. The van der Waals surface area contributed by atoms with Crippen LogP contribution >= 0.6 is 0 Å². The molecule has 3 aliphatic heterocycles. The van der Waals surface area contributed by atoms with Crippen molar-refractivity contribution in [3.8, 4) is 0 Å². The van der Waals surface area contributed by atoms with Crippen molar-refractivity contribution in [2.45, 2.75) is 32.2 Å². The second-order valence-electron chi connectivity index (χ2n) is 8.95. The van der Waals surface area contributed by atoms with E-state index in [4.69, 9.17) is 9.47 Å². The Labute approximate surface area is 169 Å². The van der Waals surface area contributed by atoms with Crippen molar-refractivity contribution in [1.29, 1.82) is 0 Å². The van der Waals surface area contributed by atoms with E-state index >= 15 is 0 Å². The van der Waals surface area contributed by atoms with Gasteiger partial charge in [-0.25, -0.2) is 0 Å². The van der Waals surface area contributed by atoms with Gasteiger partial charge in [-0.15, -0.1) is 0 Å². The number of likely N-dealkylation sites (tertiary alicyclic amines) is 2. The van der Waals surface area contributed by atoms with Gasteiger partial charge >= 0.3 is 5.97 Å². The Hall–Kier alpha value is -1.43. The van der Waals surface area contributed by atoms with Gasteiger partial charge in [0.2, 0.25) is 0 Å². The molecule has 28 heavy (non-hydrogen) atoms. The fourth-order valence-electron chi connectivity index (χ4n) is 5.48. The maximum absolute atomic E-state index is 12.6. The van der Waals surface area contributed by atoms with Gasteiger partial charge in [0.1, 0.15) is 0 Å². The molecule has 3 fully saturated rings. The van der Waals surface area contributed by atoms with Crippen molar-refractivity contribution >= 4 is 5.97 Å². The number of hydrogen-bond acceptors (Lipinski definition) is 5. The highest BCUT2D eigenvalue weighted by atomic mass is 16.5. The number of ether oxygens (including phenoxy) is 2. The number of carbonyl (C=O) groups excluding carboxylic acids is 1. The maximum Gasteiger partial charge on any atom is 0.310 e. The lowest BCUT2D eigenvalue weighted by Gasteiger charge is -2.43. The molecule has 3 heterocycles. The van der Waals surface area contributed by atoms with Crippen LogP contribution in [0.2, 0.25) is 0 Å². The van der Waals surface area contributed by atoms with E-state index in [1.165, 1.54) is 32.1 Å². The van der Waals surface area contributed by atoms with Crippen LogP contribution in [-0.4, -0.2) is 68.8 Å². The largest absolute Gasteiger partial charge is 0.469 e. The normalized spacial score (nSPS) is 26.5. The van der Waals surface area contributed by atoms with Crippen LogP contribution in [0.5, 0.6) is 0 Å². The van der Waals surface area contributed by atoms with Crippen molar-refractivity contribution < 1.29 is 14.3 Å². The summed E-state index contributed by atoms with van der Waals surface area (Å²) in [5.74, 6) is 0.761. The second kappa shape index (κ2) is 8.93. The molecule has 3 aliphatic rings. The van der Waals surface area contributed by atoms with E-state index in [0.29, 0.717) is 0 Å². The van der Waals surface area contributed by atoms with Crippen molar-refractivity contribution in [3.05, 3.63) is 35.9 Å². The van der Waals surface area contributed by atoms with Crippen LogP contribution in [0.25, 0.3) is 0 Å². The number of nitrogens with zero attached hydrogens (tertiary/aromatic N) is 2. The number of benzene rings is 1. The highest BCUT2D eigenvalue weighted by Gasteiger charge is 2.51. The molecular formula is C23H34N2O3. The fraction of sp³-hybridized carbons (Fsp3) is 0.696. The maximum atomic E-state index is 12.6. The summed E-state index contributed by atoms with van der Waals surface area (Å²) in [5.41, 5.74) is 1.40. The van der Waals surface area contributed by atoms with Crippen molar-refractivity contribution in [1.82, 2.24) is 9.80 Å². The van der Waals surface area contributed by atoms with Gasteiger partial charge in [-0.1, -0.05) is 30.3 Å². The Balaban J connectivity index is 1.39. The van der Waals surface area contributed by atoms with E-state index in [2.05, 4.69) is 40.1 Å². The molecule has 1 unspecified atom stereocenters. The fourth-order valence-corrected chi connectivity index (χ4v) is 5.48. The monoisotopic (exact) mass is 386 g/mol. The van der Waals surface area contributed by atoms with E-state index in [1.807, 2.05) is 0 Å². The van der Waals surface area contributed by atoms with E-state index in [9.17, 15) is 4.79 Å². The third-order valence-electron chi connectivity index (χ3n) is 7.16. The van der Waals surface area contributed by atoms with E-state index in [1.54, 1.807) is 0 Å². The highest BCUT2D eigenvalue weighted by Crippen LogP contribution is 2.45. The van der Waals surface area contributed by atoms with Crippen LogP contribution in [0, 0.1) is 17.3 Å². The first-order chi connectivity index (χ1) is 13.7. The molecule has 1 atom stereocenters. The lowest BCUT2D eigenvalue weighted by Crippen LogP contribution is -2.47. The topological polar surface area (TPSA) is 42.0 Å². The molecule has 0 saturated carbocycles. The summed E-state index contributed by atoms with van der Waals surface area (Å²) in [6.07, 6.45) is 4.58. The second-order valence-corrected chi connectivity index (χ2v) is 8.95. The van der Waals surface area contributed by atoms with Crippen LogP contribution in [0.3, 0.4) is 0 Å². The lowest BCUT2D eigenvalue weighted by molar-refractivity contribution is -0.149. The summed E-state index contributed by atoms with van der Waals surface area (Å²) >= 11 is 0. The number of carbonyl (C=O) groups is 1. The molecule has 1 spiro atoms. The number of esters is 1. The predicted molar refractivity (Wildman–Crippen MR) is 109 cm³/mol. The summed E-state index contributed by atoms with van der Waals surface area (Å²) in [6.45, 7) is 7.98. The first-order valence-corrected chi connectivity index (χ1v) is 10.8. The molecule has 0 bridgehead atoms. The molecular weight excluding hydrogens is 352 g/mol. The average molecular weight is 387 g/mol. The average Bonchev–Trinajstić information content (AvgIpc) is 3.08. The molecule has 4 rings (SSSR count). The molecule has 1 aromatic carbocycles. The first kappa shape index (κ1) is 19.9. The van der Waals surface area contributed by atoms with Crippen molar-refractivity contribution in [2.75, 3.05) is 53.0 Å².